The van der Waals surface area contributed by atoms with Crippen LogP contribution in [0.2, 0.25) is 5.02 Å². The highest BCUT2D eigenvalue weighted by Crippen LogP contribution is 2.22. The topological polar surface area (TPSA) is 15.3 Å². The minimum Gasteiger partial charge on any atom is -0.318 e. The average molecular weight is 299 g/mol. The molecule has 0 saturated carbocycles. The van der Waals surface area contributed by atoms with E-state index in [-0.39, 0.29) is 18.1 Å². The van der Waals surface area contributed by atoms with E-state index >= 15 is 0 Å². The van der Waals surface area contributed by atoms with Gasteiger partial charge in [-0.1, -0.05) is 17.7 Å². The number of hydrogen-bond acceptors (Lipinski definition) is 2. The van der Waals surface area contributed by atoms with Crippen molar-refractivity contribution in [3.63, 3.8) is 0 Å². The Bertz CT molecular complexity index is 409. The van der Waals surface area contributed by atoms with Gasteiger partial charge in [0.05, 0.1) is 6.54 Å². The minimum atomic E-state index is -4.28. The van der Waals surface area contributed by atoms with Crippen LogP contribution in [0.1, 0.15) is 5.56 Å². The second-order valence-corrected chi connectivity index (χ2v) is 4.57. The van der Waals surface area contributed by atoms with Gasteiger partial charge < -0.3 is 5.32 Å². The Morgan fingerprint density at radius 3 is 2.53 bits per heavy atom. The van der Waals surface area contributed by atoms with Crippen molar-refractivity contribution < 1.29 is 17.6 Å². The van der Waals surface area contributed by atoms with E-state index in [1.54, 1.807) is 7.05 Å². The third-order valence-corrected chi connectivity index (χ3v) is 2.84. The summed E-state index contributed by atoms with van der Waals surface area (Å²) >= 11 is 5.82. The first-order chi connectivity index (χ1) is 8.81. The summed E-state index contributed by atoms with van der Waals surface area (Å²) < 4.78 is 50.2. The molecule has 0 aliphatic carbocycles. The van der Waals surface area contributed by atoms with Crippen molar-refractivity contribution in [1.29, 1.82) is 0 Å². The zero-order valence-corrected chi connectivity index (χ0v) is 11.2. The number of nitrogens with zero attached hydrogens (tertiary/aromatic N) is 1. The molecule has 0 fully saturated rings. The maximum atomic E-state index is 12.9. The first-order valence-electron chi connectivity index (χ1n) is 5.69. The van der Waals surface area contributed by atoms with Gasteiger partial charge in [-0.15, -0.1) is 0 Å². The Kier molecular flexibility index (Phi) is 6.03. The molecule has 0 spiro atoms. The molecule has 1 aromatic rings. The summed E-state index contributed by atoms with van der Waals surface area (Å²) in [6, 6.07) is 3.69. The van der Waals surface area contributed by atoms with Crippen molar-refractivity contribution in [2.24, 2.45) is 0 Å². The number of benzene rings is 1. The molecule has 1 N–H and O–H groups in total. The summed E-state index contributed by atoms with van der Waals surface area (Å²) in [5.41, 5.74) is 0.475. The largest absolute Gasteiger partial charge is 0.401 e. The summed E-state index contributed by atoms with van der Waals surface area (Å²) in [6.07, 6.45) is -4.28. The summed E-state index contributed by atoms with van der Waals surface area (Å²) in [4.78, 5) is 1.22. The molecule has 1 rings (SSSR count). The summed E-state index contributed by atoms with van der Waals surface area (Å²) in [5.74, 6) is -0.508. The number of rotatable bonds is 6. The second kappa shape index (κ2) is 7.07. The molecule has 108 valence electrons. The van der Waals surface area contributed by atoms with Crippen LogP contribution >= 0.6 is 11.6 Å². The zero-order chi connectivity index (χ0) is 14.5. The number of halogens is 5. The lowest BCUT2D eigenvalue weighted by Gasteiger charge is -2.24. The van der Waals surface area contributed by atoms with E-state index in [0.29, 0.717) is 12.1 Å². The summed E-state index contributed by atoms with van der Waals surface area (Å²) in [6.45, 7) is -0.346. The lowest BCUT2D eigenvalue weighted by molar-refractivity contribution is -0.146. The molecule has 0 heterocycles. The third-order valence-electron chi connectivity index (χ3n) is 2.49. The van der Waals surface area contributed by atoms with Gasteiger partial charge in [0.15, 0.2) is 0 Å². The van der Waals surface area contributed by atoms with Crippen molar-refractivity contribution in [2.75, 3.05) is 26.7 Å². The highest BCUT2D eigenvalue weighted by molar-refractivity contribution is 6.31. The van der Waals surface area contributed by atoms with Crippen LogP contribution in [0, 0.1) is 5.82 Å². The van der Waals surface area contributed by atoms with Gasteiger partial charge >= 0.3 is 6.18 Å². The molecule has 19 heavy (non-hydrogen) atoms. The van der Waals surface area contributed by atoms with Crippen LogP contribution in [0.5, 0.6) is 0 Å². The van der Waals surface area contributed by atoms with E-state index in [4.69, 9.17) is 11.6 Å². The second-order valence-electron chi connectivity index (χ2n) is 4.17. The number of nitrogens with one attached hydrogen (secondary N) is 1. The van der Waals surface area contributed by atoms with Crippen LogP contribution in [0.3, 0.4) is 0 Å². The van der Waals surface area contributed by atoms with Crippen molar-refractivity contribution in [3.8, 4) is 0 Å². The SMILES string of the molecule is CNCCN(Cc1ccc(F)cc1Cl)CC(F)(F)F. The maximum absolute atomic E-state index is 12.9. The van der Waals surface area contributed by atoms with Crippen LogP contribution in [0.15, 0.2) is 18.2 Å². The molecule has 0 aromatic heterocycles. The van der Waals surface area contributed by atoms with Gasteiger partial charge in [-0.3, -0.25) is 4.90 Å². The van der Waals surface area contributed by atoms with Crippen molar-refractivity contribution >= 4 is 11.6 Å². The molecule has 0 aliphatic rings. The Morgan fingerprint density at radius 1 is 1.32 bits per heavy atom. The quantitative estimate of drug-likeness (QED) is 0.812. The van der Waals surface area contributed by atoms with Gasteiger partial charge in [0.1, 0.15) is 5.82 Å². The van der Waals surface area contributed by atoms with Crippen LogP contribution in [-0.2, 0) is 6.54 Å². The predicted octanol–water partition coefficient (Wildman–Crippen LogP) is 3.06. The molecule has 0 amide bonds. The van der Waals surface area contributed by atoms with Crippen molar-refractivity contribution in [3.05, 3.63) is 34.6 Å². The lowest BCUT2D eigenvalue weighted by atomic mass is 10.2. The molecule has 0 unspecified atom stereocenters. The Balaban J connectivity index is 2.75. The molecular formula is C12H15ClF4N2. The highest BCUT2D eigenvalue weighted by Gasteiger charge is 2.30. The van der Waals surface area contributed by atoms with E-state index in [2.05, 4.69) is 5.32 Å². The summed E-state index contributed by atoms with van der Waals surface area (Å²) in [7, 11) is 1.66. The molecule has 2 nitrogen and oxygen atoms in total. The van der Waals surface area contributed by atoms with E-state index < -0.39 is 18.5 Å². The molecule has 0 radical (unpaired) electrons. The van der Waals surface area contributed by atoms with Gasteiger partial charge in [-0.05, 0) is 24.7 Å². The number of hydrogen-bond donors (Lipinski definition) is 1. The van der Waals surface area contributed by atoms with E-state index in [0.717, 1.165) is 6.07 Å². The molecule has 0 atom stereocenters. The normalized spacial score (nSPS) is 12.2. The monoisotopic (exact) mass is 298 g/mol. The zero-order valence-electron chi connectivity index (χ0n) is 10.4. The maximum Gasteiger partial charge on any atom is 0.401 e. The first-order valence-corrected chi connectivity index (χ1v) is 6.07. The smallest absolute Gasteiger partial charge is 0.318 e. The average Bonchev–Trinajstić information content (AvgIpc) is 2.27. The van der Waals surface area contributed by atoms with Crippen LogP contribution in [-0.4, -0.2) is 37.8 Å². The third kappa shape index (κ3) is 6.22. The molecule has 0 bridgehead atoms. The standard InChI is InChI=1S/C12H15ClF4N2/c1-18-4-5-19(8-12(15,16)17)7-9-2-3-10(14)6-11(9)13/h2-3,6,18H,4-5,7-8H2,1H3. The first kappa shape index (κ1) is 16.2. The Hall–Kier alpha value is -0.850. The fraction of sp³-hybridized carbons (Fsp3) is 0.500. The molecule has 7 heteroatoms. The summed E-state index contributed by atoms with van der Waals surface area (Å²) in [5, 5.41) is 2.93. The lowest BCUT2D eigenvalue weighted by Crippen LogP contribution is -2.37. The van der Waals surface area contributed by atoms with Gasteiger partial charge in [0, 0.05) is 24.7 Å². The number of alkyl halides is 3. The van der Waals surface area contributed by atoms with Gasteiger partial charge in [-0.2, -0.15) is 13.2 Å². The highest BCUT2D eigenvalue weighted by atomic mass is 35.5. The van der Waals surface area contributed by atoms with E-state index in [9.17, 15) is 17.6 Å². The fourth-order valence-electron chi connectivity index (χ4n) is 1.63. The number of likely N-dealkylation sites (N-methyl/N-ethyl adjacent to an activating group) is 1. The van der Waals surface area contributed by atoms with Crippen molar-refractivity contribution in [2.45, 2.75) is 12.7 Å². The van der Waals surface area contributed by atoms with Crippen molar-refractivity contribution in [1.82, 2.24) is 10.2 Å². The molecule has 0 aliphatic heterocycles. The fourth-order valence-corrected chi connectivity index (χ4v) is 1.86. The molecule has 0 saturated heterocycles. The van der Waals surface area contributed by atoms with Crippen LogP contribution in [0.25, 0.3) is 0 Å². The Morgan fingerprint density at radius 2 is 2.00 bits per heavy atom. The van der Waals surface area contributed by atoms with Crippen LogP contribution < -0.4 is 5.32 Å². The van der Waals surface area contributed by atoms with Gasteiger partial charge in [-0.25, -0.2) is 4.39 Å². The van der Waals surface area contributed by atoms with Gasteiger partial charge in [0.2, 0.25) is 0 Å². The van der Waals surface area contributed by atoms with Crippen LogP contribution in [0.4, 0.5) is 17.6 Å². The Labute approximate surface area is 114 Å². The minimum absolute atomic E-state index is 0.0281. The van der Waals surface area contributed by atoms with E-state index in [1.165, 1.54) is 17.0 Å². The predicted molar refractivity (Wildman–Crippen MR) is 66.7 cm³/mol. The molecular weight excluding hydrogens is 284 g/mol. The molecule has 1 aromatic carbocycles. The van der Waals surface area contributed by atoms with E-state index in [1.807, 2.05) is 0 Å². The van der Waals surface area contributed by atoms with Gasteiger partial charge in [0.25, 0.3) is 0 Å².